The molecule has 0 radical (unpaired) electrons. The van der Waals surface area contributed by atoms with Crippen LogP contribution in [-0.4, -0.2) is 19.6 Å². The van der Waals surface area contributed by atoms with E-state index in [1.54, 1.807) is 11.9 Å². The van der Waals surface area contributed by atoms with Gasteiger partial charge in [0.1, 0.15) is 6.61 Å². The van der Waals surface area contributed by atoms with Gasteiger partial charge in [-0.05, 0) is 42.2 Å². The number of nitrogens with zero attached hydrogens (tertiary/aromatic N) is 1. The van der Waals surface area contributed by atoms with Gasteiger partial charge >= 0.3 is 0 Å². The van der Waals surface area contributed by atoms with Crippen LogP contribution in [0.1, 0.15) is 16.7 Å². The van der Waals surface area contributed by atoms with Crippen LogP contribution in [0, 0.1) is 13.8 Å². The Labute approximate surface area is 125 Å². The summed E-state index contributed by atoms with van der Waals surface area (Å²) in [7, 11) is 1.81. The van der Waals surface area contributed by atoms with Crippen LogP contribution in [0.5, 0.6) is 0 Å². The summed E-state index contributed by atoms with van der Waals surface area (Å²) in [6.45, 7) is 4.83. The molecule has 108 valence electrons. The van der Waals surface area contributed by atoms with Crippen molar-refractivity contribution < 1.29 is 9.53 Å². The highest BCUT2D eigenvalue weighted by Gasteiger charge is 2.21. The normalized spacial score (nSPS) is 14.8. The van der Waals surface area contributed by atoms with Crippen LogP contribution in [0.15, 0.2) is 36.4 Å². The van der Waals surface area contributed by atoms with E-state index in [9.17, 15) is 4.79 Å². The van der Waals surface area contributed by atoms with Crippen LogP contribution in [-0.2, 0) is 16.1 Å². The molecule has 0 atom stereocenters. The molecule has 1 heterocycles. The minimum absolute atomic E-state index is 0.00835. The Morgan fingerprint density at radius 3 is 2.62 bits per heavy atom. The maximum atomic E-state index is 11.9. The minimum Gasteiger partial charge on any atom is -0.367 e. The van der Waals surface area contributed by atoms with Crippen LogP contribution in [0.4, 0.5) is 5.69 Å². The number of carbonyl (C=O) groups excluding carboxylic acids is 1. The summed E-state index contributed by atoms with van der Waals surface area (Å²) in [6.07, 6.45) is 0. The van der Waals surface area contributed by atoms with E-state index in [2.05, 4.69) is 38.1 Å². The molecule has 0 saturated heterocycles. The van der Waals surface area contributed by atoms with Crippen molar-refractivity contribution >= 4 is 11.6 Å². The summed E-state index contributed by atoms with van der Waals surface area (Å²) in [5.74, 6) is -0.00835. The Hall–Kier alpha value is -2.13. The molecule has 0 aliphatic carbocycles. The molecule has 2 aromatic carbocycles. The van der Waals surface area contributed by atoms with Gasteiger partial charge in [-0.2, -0.15) is 0 Å². The summed E-state index contributed by atoms with van der Waals surface area (Å²) in [6, 6.07) is 12.5. The number of benzene rings is 2. The lowest BCUT2D eigenvalue weighted by Gasteiger charge is -2.19. The van der Waals surface area contributed by atoms with Crippen molar-refractivity contribution in [3.8, 4) is 11.1 Å². The molecular formula is C18H19NO2. The highest BCUT2D eigenvalue weighted by atomic mass is 16.5. The lowest BCUT2D eigenvalue weighted by Crippen LogP contribution is -2.28. The van der Waals surface area contributed by atoms with Crippen molar-refractivity contribution in [2.75, 3.05) is 18.6 Å². The highest BCUT2D eigenvalue weighted by Crippen LogP contribution is 2.33. The number of likely N-dealkylation sites (N-methyl/N-ethyl adjacent to an activating group) is 1. The predicted octanol–water partition coefficient (Wildman–Crippen LogP) is 3.46. The van der Waals surface area contributed by atoms with Gasteiger partial charge in [0.25, 0.3) is 5.91 Å². The Kier molecular flexibility index (Phi) is 3.52. The third kappa shape index (κ3) is 2.45. The number of amides is 1. The Bertz CT molecular complexity index is 706. The zero-order valence-corrected chi connectivity index (χ0v) is 12.6. The summed E-state index contributed by atoms with van der Waals surface area (Å²) < 4.78 is 5.53. The smallest absolute Gasteiger partial charge is 0.252 e. The Morgan fingerprint density at radius 2 is 1.86 bits per heavy atom. The van der Waals surface area contributed by atoms with Gasteiger partial charge in [0.15, 0.2) is 0 Å². The molecule has 3 nitrogen and oxygen atoms in total. The lowest BCUT2D eigenvalue weighted by atomic mass is 9.95. The van der Waals surface area contributed by atoms with Gasteiger partial charge in [-0.3, -0.25) is 4.79 Å². The van der Waals surface area contributed by atoms with Crippen LogP contribution in [0.2, 0.25) is 0 Å². The van der Waals surface area contributed by atoms with Gasteiger partial charge in [0, 0.05) is 18.3 Å². The fourth-order valence-electron chi connectivity index (χ4n) is 2.69. The average molecular weight is 281 g/mol. The van der Waals surface area contributed by atoms with Crippen LogP contribution >= 0.6 is 0 Å². The first-order valence-electron chi connectivity index (χ1n) is 7.12. The zero-order chi connectivity index (χ0) is 15.0. The summed E-state index contributed by atoms with van der Waals surface area (Å²) in [5.41, 5.74) is 6.87. The molecule has 0 bridgehead atoms. The largest absolute Gasteiger partial charge is 0.367 e. The summed E-state index contributed by atoms with van der Waals surface area (Å²) in [4.78, 5) is 13.6. The zero-order valence-electron chi connectivity index (χ0n) is 12.6. The van der Waals surface area contributed by atoms with Gasteiger partial charge in [-0.25, -0.2) is 0 Å². The van der Waals surface area contributed by atoms with E-state index in [4.69, 9.17) is 4.74 Å². The van der Waals surface area contributed by atoms with Crippen LogP contribution in [0.3, 0.4) is 0 Å². The van der Waals surface area contributed by atoms with Crippen molar-refractivity contribution in [3.05, 3.63) is 53.1 Å². The van der Waals surface area contributed by atoms with Gasteiger partial charge in [0.05, 0.1) is 6.61 Å². The number of carbonyl (C=O) groups is 1. The first kappa shape index (κ1) is 13.8. The summed E-state index contributed by atoms with van der Waals surface area (Å²) >= 11 is 0. The van der Waals surface area contributed by atoms with Crippen molar-refractivity contribution in [1.82, 2.24) is 0 Å². The molecule has 0 saturated carbocycles. The van der Waals surface area contributed by atoms with E-state index in [0.717, 1.165) is 16.8 Å². The number of anilines is 1. The van der Waals surface area contributed by atoms with Crippen LogP contribution < -0.4 is 4.90 Å². The fourth-order valence-corrected chi connectivity index (χ4v) is 2.69. The number of hydrogen-bond acceptors (Lipinski definition) is 2. The number of fused-ring (bicyclic) bond motifs is 1. The minimum atomic E-state index is -0.00835. The van der Waals surface area contributed by atoms with E-state index in [1.807, 2.05) is 12.1 Å². The third-order valence-corrected chi connectivity index (χ3v) is 4.18. The van der Waals surface area contributed by atoms with E-state index in [-0.39, 0.29) is 12.5 Å². The number of aryl methyl sites for hydroxylation is 2. The maximum Gasteiger partial charge on any atom is 0.252 e. The molecule has 21 heavy (non-hydrogen) atoms. The van der Waals surface area contributed by atoms with E-state index in [1.165, 1.54) is 16.7 Å². The average Bonchev–Trinajstić information content (AvgIpc) is 2.62. The molecule has 3 heteroatoms. The number of ether oxygens (including phenoxy) is 1. The molecule has 0 fully saturated rings. The molecule has 0 aromatic heterocycles. The van der Waals surface area contributed by atoms with Gasteiger partial charge in [-0.1, -0.05) is 30.3 Å². The maximum absolute atomic E-state index is 11.9. The second kappa shape index (κ2) is 5.34. The second-order valence-corrected chi connectivity index (χ2v) is 5.55. The molecular weight excluding hydrogens is 262 g/mol. The fraction of sp³-hybridized carbons (Fsp3) is 0.278. The Balaban J connectivity index is 2.16. The monoisotopic (exact) mass is 281 g/mol. The standard InChI is InChI=1S/C18H19NO2/c1-12-7-8-14(9-13(12)2)15-5-4-6-17-16(15)10-21-11-18(20)19(17)3/h4-9H,10-11H2,1-3H3. The second-order valence-electron chi connectivity index (χ2n) is 5.55. The van der Waals surface area contributed by atoms with Crippen molar-refractivity contribution in [2.45, 2.75) is 20.5 Å². The topological polar surface area (TPSA) is 29.5 Å². The molecule has 3 rings (SSSR count). The first-order chi connectivity index (χ1) is 10.1. The molecule has 1 amide bonds. The van der Waals surface area contributed by atoms with Gasteiger partial charge in [0.2, 0.25) is 0 Å². The first-order valence-corrected chi connectivity index (χ1v) is 7.12. The Morgan fingerprint density at radius 1 is 1.05 bits per heavy atom. The van der Waals surface area contributed by atoms with Crippen molar-refractivity contribution in [3.63, 3.8) is 0 Å². The molecule has 0 spiro atoms. The molecule has 0 N–H and O–H groups in total. The van der Waals surface area contributed by atoms with Crippen LogP contribution in [0.25, 0.3) is 11.1 Å². The molecule has 1 aliphatic rings. The van der Waals surface area contributed by atoms with E-state index in [0.29, 0.717) is 6.61 Å². The number of hydrogen-bond donors (Lipinski definition) is 0. The number of rotatable bonds is 1. The van der Waals surface area contributed by atoms with E-state index >= 15 is 0 Å². The quantitative estimate of drug-likeness (QED) is 0.801. The van der Waals surface area contributed by atoms with Crippen molar-refractivity contribution in [2.24, 2.45) is 0 Å². The van der Waals surface area contributed by atoms with Gasteiger partial charge in [-0.15, -0.1) is 0 Å². The molecule has 0 unspecified atom stereocenters. The SMILES string of the molecule is Cc1ccc(-c2cccc3c2COCC(=O)N3C)cc1C. The van der Waals surface area contributed by atoms with Crippen molar-refractivity contribution in [1.29, 1.82) is 0 Å². The summed E-state index contributed by atoms with van der Waals surface area (Å²) in [5, 5.41) is 0. The van der Waals surface area contributed by atoms with E-state index < -0.39 is 0 Å². The predicted molar refractivity (Wildman–Crippen MR) is 84.4 cm³/mol. The van der Waals surface area contributed by atoms with Gasteiger partial charge < -0.3 is 9.64 Å². The third-order valence-electron chi connectivity index (χ3n) is 4.18. The molecule has 1 aliphatic heterocycles. The lowest BCUT2D eigenvalue weighted by molar-refractivity contribution is -0.122. The highest BCUT2D eigenvalue weighted by molar-refractivity contribution is 5.96. The molecule has 2 aromatic rings.